The summed E-state index contributed by atoms with van der Waals surface area (Å²) >= 11 is 2.29. The molecule has 2 aromatic carbocycles. The molecule has 0 heterocycles. The third kappa shape index (κ3) is 2.86. The molecule has 0 bridgehead atoms. The zero-order valence-electron chi connectivity index (χ0n) is 8.07. The summed E-state index contributed by atoms with van der Waals surface area (Å²) in [6.45, 7) is 0. The number of hydrogen-bond acceptors (Lipinski definition) is 2. The zero-order valence-corrected chi connectivity index (χ0v) is 10.2. The summed E-state index contributed by atoms with van der Waals surface area (Å²) in [5.74, 6) is 0. The van der Waals surface area contributed by atoms with E-state index in [1.165, 1.54) is 3.57 Å². The minimum absolute atomic E-state index is 0.769. The fourth-order valence-electron chi connectivity index (χ4n) is 1.35. The lowest BCUT2D eigenvalue weighted by Crippen LogP contribution is -1.92. The van der Waals surface area contributed by atoms with Gasteiger partial charge in [0.1, 0.15) is 0 Å². The molecular weight excluding hydrogens is 299 g/mol. The highest BCUT2D eigenvalue weighted by Crippen LogP contribution is 2.19. The molecule has 76 valence electrons. The van der Waals surface area contributed by atoms with Crippen molar-refractivity contribution in [2.24, 2.45) is 0 Å². The fraction of sp³-hybridized carbons (Fsp3) is 0. The molecule has 0 aliphatic heterocycles. The molecule has 3 heteroatoms. The van der Waals surface area contributed by atoms with Crippen LogP contribution in [0.3, 0.4) is 0 Å². The van der Waals surface area contributed by atoms with Crippen LogP contribution in [0.2, 0.25) is 0 Å². The average Bonchev–Trinajstić information content (AvgIpc) is 2.17. The lowest BCUT2D eigenvalue weighted by molar-refractivity contribution is 1.53. The topological polar surface area (TPSA) is 38.0 Å². The molecule has 2 aromatic rings. The van der Waals surface area contributed by atoms with Gasteiger partial charge in [-0.1, -0.05) is 12.1 Å². The van der Waals surface area contributed by atoms with Crippen LogP contribution in [0.4, 0.5) is 17.1 Å². The third-order valence-corrected chi connectivity index (χ3v) is 2.67. The van der Waals surface area contributed by atoms with Gasteiger partial charge in [0.05, 0.1) is 0 Å². The number of nitrogen functional groups attached to an aromatic ring is 1. The Hall–Kier alpha value is -1.23. The predicted octanol–water partition coefficient (Wildman–Crippen LogP) is 3.62. The molecular formula is C12H11IN2. The van der Waals surface area contributed by atoms with E-state index in [4.69, 9.17) is 5.73 Å². The average molecular weight is 310 g/mol. The Balaban J connectivity index is 2.22. The number of benzene rings is 2. The monoisotopic (exact) mass is 310 g/mol. The van der Waals surface area contributed by atoms with Crippen molar-refractivity contribution in [3.8, 4) is 0 Å². The van der Waals surface area contributed by atoms with Crippen LogP contribution in [0.1, 0.15) is 0 Å². The molecule has 3 N–H and O–H groups in total. The van der Waals surface area contributed by atoms with E-state index < -0.39 is 0 Å². The fourth-order valence-corrected chi connectivity index (χ4v) is 1.89. The summed E-state index contributed by atoms with van der Waals surface area (Å²) < 4.78 is 1.21. The first kappa shape index (κ1) is 10.3. The Morgan fingerprint density at radius 2 is 1.60 bits per heavy atom. The summed E-state index contributed by atoms with van der Waals surface area (Å²) in [6, 6.07) is 15.9. The second-order valence-electron chi connectivity index (χ2n) is 3.26. The van der Waals surface area contributed by atoms with Crippen molar-refractivity contribution < 1.29 is 0 Å². The molecule has 0 atom stereocenters. The first-order chi connectivity index (χ1) is 7.24. The molecule has 0 amide bonds. The molecule has 0 aliphatic carbocycles. The summed E-state index contributed by atoms with van der Waals surface area (Å²) in [6.07, 6.45) is 0. The predicted molar refractivity (Wildman–Crippen MR) is 73.3 cm³/mol. The Morgan fingerprint density at radius 1 is 0.933 bits per heavy atom. The van der Waals surface area contributed by atoms with E-state index >= 15 is 0 Å². The van der Waals surface area contributed by atoms with Crippen LogP contribution in [0.15, 0.2) is 48.5 Å². The van der Waals surface area contributed by atoms with Crippen LogP contribution < -0.4 is 11.1 Å². The first-order valence-electron chi connectivity index (χ1n) is 4.62. The summed E-state index contributed by atoms with van der Waals surface area (Å²) in [7, 11) is 0. The van der Waals surface area contributed by atoms with E-state index in [0.29, 0.717) is 0 Å². The zero-order chi connectivity index (χ0) is 10.7. The van der Waals surface area contributed by atoms with Gasteiger partial charge in [-0.3, -0.25) is 0 Å². The molecule has 0 fully saturated rings. The molecule has 0 radical (unpaired) electrons. The van der Waals surface area contributed by atoms with Gasteiger partial charge >= 0.3 is 0 Å². The smallest absolute Gasteiger partial charge is 0.0404 e. The van der Waals surface area contributed by atoms with Crippen LogP contribution in [0, 0.1) is 3.57 Å². The largest absolute Gasteiger partial charge is 0.399 e. The highest BCUT2D eigenvalue weighted by Gasteiger charge is 1.95. The van der Waals surface area contributed by atoms with E-state index in [2.05, 4.69) is 40.0 Å². The number of rotatable bonds is 2. The molecule has 0 saturated carbocycles. The molecule has 0 spiro atoms. The lowest BCUT2D eigenvalue weighted by Gasteiger charge is -2.07. The highest BCUT2D eigenvalue weighted by molar-refractivity contribution is 14.1. The van der Waals surface area contributed by atoms with E-state index in [9.17, 15) is 0 Å². The van der Waals surface area contributed by atoms with Gasteiger partial charge in [-0.25, -0.2) is 0 Å². The van der Waals surface area contributed by atoms with Crippen molar-refractivity contribution in [3.05, 3.63) is 52.1 Å². The summed E-state index contributed by atoms with van der Waals surface area (Å²) in [5, 5.41) is 3.30. The minimum Gasteiger partial charge on any atom is -0.399 e. The van der Waals surface area contributed by atoms with Crippen LogP contribution in [0.5, 0.6) is 0 Å². The number of nitrogens with one attached hydrogen (secondary N) is 1. The molecule has 0 saturated heterocycles. The second kappa shape index (κ2) is 4.53. The first-order valence-corrected chi connectivity index (χ1v) is 5.70. The van der Waals surface area contributed by atoms with E-state index in [1.807, 2.05) is 36.4 Å². The maximum Gasteiger partial charge on any atom is 0.0404 e. The SMILES string of the molecule is Nc1cccc(Nc2cccc(I)c2)c1. The number of hydrogen-bond donors (Lipinski definition) is 2. The van der Waals surface area contributed by atoms with Crippen molar-refractivity contribution in [3.63, 3.8) is 0 Å². The van der Waals surface area contributed by atoms with Crippen molar-refractivity contribution in [2.75, 3.05) is 11.1 Å². The summed E-state index contributed by atoms with van der Waals surface area (Å²) in [5.41, 5.74) is 8.56. The second-order valence-corrected chi connectivity index (χ2v) is 4.51. The maximum absolute atomic E-state index is 5.70. The normalized spacial score (nSPS) is 9.93. The lowest BCUT2D eigenvalue weighted by atomic mass is 10.2. The Kier molecular flexibility index (Phi) is 3.11. The molecule has 2 rings (SSSR count). The van der Waals surface area contributed by atoms with E-state index in [1.54, 1.807) is 0 Å². The molecule has 0 unspecified atom stereocenters. The molecule has 0 aliphatic rings. The van der Waals surface area contributed by atoms with E-state index in [0.717, 1.165) is 17.1 Å². The van der Waals surface area contributed by atoms with Gasteiger partial charge in [0.15, 0.2) is 0 Å². The van der Waals surface area contributed by atoms with E-state index in [-0.39, 0.29) is 0 Å². The minimum atomic E-state index is 0.769. The quantitative estimate of drug-likeness (QED) is 0.657. The van der Waals surface area contributed by atoms with Gasteiger partial charge in [-0.2, -0.15) is 0 Å². The number of anilines is 3. The highest BCUT2D eigenvalue weighted by atomic mass is 127. The Morgan fingerprint density at radius 3 is 2.27 bits per heavy atom. The molecule has 15 heavy (non-hydrogen) atoms. The summed E-state index contributed by atoms with van der Waals surface area (Å²) in [4.78, 5) is 0. The Labute approximate surface area is 103 Å². The van der Waals surface area contributed by atoms with Gasteiger partial charge in [0.25, 0.3) is 0 Å². The van der Waals surface area contributed by atoms with Gasteiger partial charge in [0.2, 0.25) is 0 Å². The van der Waals surface area contributed by atoms with Gasteiger partial charge in [-0.15, -0.1) is 0 Å². The maximum atomic E-state index is 5.70. The van der Waals surface area contributed by atoms with Crippen LogP contribution in [0.25, 0.3) is 0 Å². The van der Waals surface area contributed by atoms with Crippen molar-refractivity contribution in [1.29, 1.82) is 0 Å². The van der Waals surface area contributed by atoms with Crippen molar-refractivity contribution in [1.82, 2.24) is 0 Å². The van der Waals surface area contributed by atoms with Crippen LogP contribution in [-0.2, 0) is 0 Å². The number of nitrogens with two attached hydrogens (primary N) is 1. The van der Waals surface area contributed by atoms with Gasteiger partial charge < -0.3 is 11.1 Å². The van der Waals surface area contributed by atoms with Crippen molar-refractivity contribution >= 4 is 39.7 Å². The third-order valence-electron chi connectivity index (χ3n) is 2.00. The van der Waals surface area contributed by atoms with Crippen LogP contribution in [-0.4, -0.2) is 0 Å². The van der Waals surface area contributed by atoms with Crippen LogP contribution >= 0.6 is 22.6 Å². The Bertz CT molecular complexity index is 425. The van der Waals surface area contributed by atoms with Gasteiger partial charge in [-0.05, 0) is 59.0 Å². The standard InChI is InChI=1S/C12H11IN2/c13-9-3-1-5-11(7-9)15-12-6-2-4-10(14)8-12/h1-8,15H,14H2. The van der Waals surface area contributed by atoms with Crippen molar-refractivity contribution in [2.45, 2.75) is 0 Å². The molecule has 2 nitrogen and oxygen atoms in total. The molecule has 0 aromatic heterocycles. The van der Waals surface area contributed by atoms with Gasteiger partial charge in [0, 0.05) is 20.6 Å². The number of halogens is 1.